The number of hydrogen-bond donors (Lipinski definition) is 1. The SMILES string of the molecule is CCC1NC(=O)C(CC)N(CC(F)F)C1=O. The van der Waals surface area contributed by atoms with Gasteiger partial charge >= 0.3 is 0 Å². The van der Waals surface area contributed by atoms with Gasteiger partial charge in [0.05, 0.1) is 6.54 Å². The van der Waals surface area contributed by atoms with Gasteiger partial charge in [0, 0.05) is 0 Å². The minimum Gasteiger partial charge on any atom is -0.343 e. The van der Waals surface area contributed by atoms with Crippen LogP contribution in [-0.2, 0) is 9.59 Å². The van der Waals surface area contributed by atoms with Crippen molar-refractivity contribution in [3.8, 4) is 0 Å². The van der Waals surface area contributed by atoms with Crippen molar-refractivity contribution in [2.24, 2.45) is 0 Å². The molecule has 4 nitrogen and oxygen atoms in total. The van der Waals surface area contributed by atoms with Gasteiger partial charge in [-0.3, -0.25) is 9.59 Å². The van der Waals surface area contributed by atoms with E-state index in [1.165, 1.54) is 0 Å². The molecule has 0 aliphatic carbocycles. The Morgan fingerprint density at radius 1 is 1.31 bits per heavy atom. The molecule has 0 aromatic heterocycles. The molecule has 2 unspecified atom stereocenters. The van der Waals surface area contributed by atoms with Crippen LogP contribution < -0.4 is 5.32 Å². The van der Waals surface area contributed by atoms with Gasteiger partial charge < -0.3 is 10.2 Å². The van der Waals surface area contributed by atoms with Crippen molar-refractivity contribution in [3.63, 3.8) is 0 Å². The van der Waals surface area contributed by atoms with E-state index in [9.17, 15) is 18.4 Å². The van der Waals surface area contributed by atoms with Gasteiger partial charge in [-0.2, -0.15) is 0 Å². The molecular formula is C10H16F2N2O2. The summed E-state index contributed by atoms with van der Waals surface area (Å²) >= 11 is 0. The summed E-state index contributed by atoms with van der Waals surface area (Å²) in [7, 11) is 0. The quantitative estimate of drug-likeness (QED) is 0.781. The first kappa shape index (κ1) is 12.9. The average molecular weight is 234 g/mol. The van der Waals surface area contributed by atoms with E-state index in [0.717, 1.165) is 4.90 Å². The van der Waals surface area contributed by atoms with E-state index in [1.807, 2.05) is 0 Å². The fourth-order valence-electron chi connectivity index (χ4n) is 1.87. The van der Waals surface area contributed by atoms with Crippen LogP contribution in [0.1, 0.15) is 26.7 Å². The predicted molar refractivity (Wildman–Crippen MR) is 54.0 cm³/mol. The van der Waals surface area contributed by atoms with Crippen LogP contribution in [0, 0.1) is 0 Å². The number of nitrogens with one attached hydrogen (secondary N) is 1. The van der Waals surface area contributed by atoms with Crippen LogP contribution in [0.25, 0.3) is 0 Å². The van der Waals surface area contributed by atoms with Crippen LogP contribution in [0.5, 0.6) is 0 Å². The van der Waals surface area contributed by atoms with Crippen molar-refractivity contribution in [1.82, 2.24) is 10.2 Å². The van der Waals surface area contributed by atoms with Gasteiger partial charge in [-0.15, -0.1) is 0 Å². The molecule has 1 aliphatic rings. The minimum absolute atomic E-state index is 0.338. The highest BCUT2D eigenvalue weighted by molar-refractivity contribution is 5.96. The van der Waals surface area contributed by atoms with Gasteiger partial charge in [-0.05, 0) is 12.8 Å². The number of carbonyl (C=O) groups excluding carboxylic acids is 2. The molecule has 0 spiro atoms. The zero-order valence-electron chi connectivity index (χ0n) is 9.37. The number of piperazine rings is 1. The summed E-state index contributed by atoms with van der Waals surface area (Å²) in [5.74, 6) is -0.746. The van der Waals surface area contributed by atoms with Crippen LogP contribution in [0.15, 0.2) is 0 Å². The highest BCUT2D eigenvalue weighted by atomic mass is 19.3. The summed E-state index contributed by atoms with van der Waals surface area (Å²) in [5.41, 5.74) is 0. The third-order valence-electron chi connectivity index (χ3n) is 2.71. The van der Waals surface area contributed by atoms with Crippen molar-refractivity contribution in [2.75, 3.05) is 6.54 Å². The first-order valence-corrected chi connectivity index (χ1v) is 5.40. The molecule has 0 aromatic rings. The molecule has 1 N–H and O–H groups in total. The van der Waals surface area contributed by atoms with Crippen molar-refractivity contribution >= 4 is 11.8 Å². The highest BCUT2D eigenvalue weighted by Gasteiger charge is 2.39. The Morgan fingerprint density at radius 3 is 2.38 bits per heavy atom. The molecule has 1 heterocycles. The fraction of sp³-hybridized carbons (Fsp3) is 0.800. The van der Waals surface area contributed by atoms with E-state index in [2.05, 4.69) is 5.32 Å². The molecular weight excluding hydrogens is 218 g/mol. The molecule has 1 saturated heterocycles. The van der Waals surface area contributed by atoms with Gasteiger partial charge in [0.25, 0.3) is 6.43 Å². The summed E-state index contributed by atoms with van der Waals surface area (Å²) in [6.07, 6.45) is -1.84. The molecule has 1 fully saturated rings. The monoisotopic (exact) mass is 234 g/mol. The maximum Gasteiger partial charge on any atom is 0.255 e. The second kappa shape index (κ2) is 5.23. The lowest BCUT2D eigenvalue weighted by molar-refractivity contribution is -0.151. The van der Waals surface area contributed by atoms with Crippen LogP contribution in [-0.4, -0.2) is 41.8 Å². The van der Waals surface area contributed by atoms with Crippen LogP contribution in [0.3, 0.4) is 0 Å². The molecule has 0 saturated carbocycles. The fourth-order valence-corrected chi connectivity index (χ4v) is 1.87. The number of carbonyl (C=O) groups is 2. The zero-order chi connectivity index (χ0) is 12.3. The molecule has 0 bridgehead atoms. The first-order valence-electron chi connectivity index (χ1n) is 5.40. The standard InChI is InChI=1S/C10H16F2N2O2/c1-3-6-10(16)14(5-8(11)12)7(4-2)9(15)13-6/h6-8H,3-5H2,1-2H3,(H,13,15). The van der Waals surface area contributed by atoms with Crippen molar-refractivity contribution in [1.29, 1.82) is 0 Å². The second-order valence-electron chi connectivity index (χ2n) is 3.78. The van der Waals surface area contributed by atoms with Gasteiger partial charge in [-0.1, -0.05) is 13.8 Å². The van der Waals surface area contributed by atoms with Crippen molar-refractivity contribution < 1.29 is 18.4 Å². The molecule has 1 rings (SSSR count). The lowest BCUT2D eigenvalue weighted by Gasteiger charge is -2.38. The number of amides is 2. The highest BCUT2D eigenvalue weighted by Crippen LogP contribution is 2.16. The molecule has 0 aromatic carbocycles. The Hall–Kier alpha value is -1.20. The van der Waals surface area contributed by atoms with Gasteiger partial charge in [0.1, 0.15) is 12.1 Å². The molecule has 6 heteroatoms. The normalized spacial score (nSPS) is 26.2. The maximum atomic E-state index is 12.3. The topological polar surface area (TPSA) is 49.4 Å². The lowest BCUT2D eigenvalue weighted by Crippen LogP contribution is -2.63. The molecule has 2 amide bonds. The number of alkyl halides is 2. The van der Waals surface area contributed by atoms with E-state index in [0.29, 0.717) is 12.8 Å². The Bertz CT molecular complexity index is 284. The van der Waals surface area contributed by atoms with Gasteiger partial charge in [-0.25, -0.2) is 8.78 Å². The molecule has 2 atom stereocenters. The molecule has 1 aliphatic heterocycles. The number of nitrogens with zero attached hydrogens (tertiary/aromatic N) is 1. The molecule has 16 heavy (non-hydrogen) atoms. The van der Waals surface area contributed by atoms with Crippen molar-refractivity contribution in [2.45, 2.75) is 45.2 Å². The van der Waals surface area contributed by atoms with E-state index in [-0.39, 0.29) is 5.91 Å². The first-order chi connectivity index (χ1) is 7.51. The predicted octanol–water partition coefficient (Wildman–Crippen LogP) is 0.767. The Kier molecular flexibility index (Phi) is 4.20. The summed E-state index contributed by atoms with van der Waals surface area (Å²) in [6.45, 7) is 2.76. The number of halogens is 2. The Labute approximate surface area is 93.0 Å². The largest absolute Gasteiger partial charge is 0.343 e. The smallest absolute Gasteiger partial charge is 0.255 e. The van der Waals surface area contributed by atoms with E-state index < -0.39 is 31.0 Å². The van der Waals surface area contributed by atoms with Gasteiger partial charge in [0.2, 0.25) is 11.8 Å². The van der Waals surface area contributed by atoms with Crippen molar-refractivity contribution in [3.05, 3.63) is 0 Å². The zero-order valence-corrected chi connectivity index (χ0v) is 9.37. The Morgan fingerprint density at radius 2 is 1.94 bits per heavy atom. The number of hydrogen-bond acceptors (Lipinski definition) is 2. The Balaban J connectivity index is 2.86. The summed E-state index contributed by atoms with van der Waals surface area (Å²) < 4.78 is 24.7. The second-order valence-corrected chi connectivity index (χ2v) is 3.78. The maximum absolute atomic E-state index is 12.3. The third-order valence-corrected chi connectivity index (χ3v) is 2.71. The summed E-state index contributed by atoms with van der Waals surface area (Å²) in [4.78, 5) is 24.4. The van der Waals surface area contributed by atoms with E-state index >= 15 is 0 Å². The summed E-state index contributed by atoms with van der Waals surface area (Å²) in [5, 5.41) is 2.55. The molecule has 0 radical (unpaired) electrons. The van der Waals surface area contributed by atoms with E-state index in [4.69, 9.17) is 0 Å². The van der Waals surface area contributed by atoms with Crippen LogP contribution in [0.4, 0.5) is 8.78 Å². The minimum atomic E-state index is -2.61. The summed E-state index contributed by atoms with van der Waals surface area (Å²) in [6, 6.07) is -1.42. The average Bonchev–Trinajstić information content (AvgIpc) is 2.22. The van der Waals surface area contributed by atoms with Crippen LogP contribution in [0.2, 0.25) is 0 Å². The molecule has 92 valence electrons. The van der Waals surface area contributed by atoms with E-state index in [1.54, 1.807) is 13.8 Å². The van der Waals surface area contributed by atoms with Crippen LogP contribution >= 0.6 is 0 Å². The third kappa shape index (κ3) is 2.48. The number of rotatable bonds is 4. The lowest BCUT2D eigenvalue weighted by atomic mass is 10.0. The van der Waals surface area contributed by atoms with Gasteiger partial charge in [0.15, 0.2) is 0 Å².